The van der Waals surface area contributed by atoms with Gasteiger partial charge in [0.15, 0.2) is 0 Å². The number of anilines is 1. The summed E-state index contributed by atoms with van der Waals surface area (Å²) in [6.07, 6.45) is 2.86. The van der Waals surface area contributed by atoms with Crippen molar-refractivity contribution in [2.45, 2.75) is 37.0 Å². The van der Waals surface area contributed by atoms with Gasteiger partial charge in [-0.2, -0.15) is 4.31 Å². The number of carbonyl (C=O) groups is 1. The van der Waals surface area contributed by atoms with Crippen molar-refractivity contribution in [3.63, 3.8) is 0 Å². The number of amides is 1. The highest BCUT2D eigenvalue weighted by molar-refractivity contribution is 7.89. The number of sulfonamides is 1. The van der Waals surface area contributed by atoms with Crippen molar-refractivity contribution in [2.75, 3.05) is 25.5 Å². The van der Waals surface area contributed by atoms with E-state index >= 15 is 0 Å². The number of benzene rings is 3. The van der Waals surface area contributed by atoms with Crippen LogP contribution in [0.1, 0.15) is 37.7 Å². The van der Waals surface area contributed by atoms with Crippen LogP contribution in [0.2, 0.25) is 0 Å². The molecule has 0 saturated carbocycles. The lowest BCUT2D eigenvalue weighted by atomic mass is 9.97. The van der Waals surface area contributed by atoms with E-state index in [4.69, 9.17) is 4.74 Å². The topological polar surface area (TPSA) is 75.7 Å². The van der Waals surface area contributed by atoms with Crippen molar-refractivity contribution in [1.82, 2.24) is 4.31 Å². The molecule has 1 N–H and O–H groups in total. The van der Waals surface area contributed by atoms with Gasteiger partial charge in [0.2, 0.25) is 15.9 Å². The Bertz CT molecular complexity index is 1220. The second kappa shape index (κ2) is 9.30. The molecule has 0 bridgehead atoms. The van der Waals surface area contributed by atoms with Gasteiger partial charge in [-0.1, -0.05) is 30.7 Å². The fourth-order valence-electron chi connectivity index (χ4n) is 4.01. The van der Waals surface area contributed by atoms with Crippen LogP contribution in [0.25, 0.3) is 10.8 Å². The summed E-state index contributed by atoms with van der Waals surface area (Å²) in [7, 11) is -1.84. The highest BCUT2D eigenvalue weighted by atomic mass is 32.2. The van der Waals surface area contributed by atoms with E-state index in [2.05, 4.69) is 5.32 Å². The van der Waals surface area contributed by atoms with Gasteiger partial charge in [-0.05, 0) is 72.5 Å². The summed E-state index contributed by atoms with van der Waals surface area (Å²) in [5.74, 6) is 0.282. The largest absolute Gasteiger partial charge is 0.497 e. The number of hydrogen-bond donors (Lipinski definition) is 1. The number of ether oxygens (including phenoxy) is 1. The summed E-state index contributed by atoms with van der Waals surface area (Å²) in [4.78, 5) is 13.1. The highest BCUT2D eigenvalue weighted by Crippen LogP contribution is 2.27. The van der Waals surface area contributed by atoms with Gasteiger partial charge < -0.3 is 10.1 Å². The van der Waals surface area contributed by atoms with Crippen LogP contribution >= 0.6 is 0 Å². The van der Waals surface area contributed by atoms with Crippen molar-refractivity contribution in [3.05, 3.63) is 66.2 Å². The van der Waals surface area contributed by atoms with Crippen LogP contribution in [-0.2, 0) is 14.8 Å². The molecule has 1 amide bonds. The van der Waals surface area contributed by atoms with Crippen molar-refractivity contribution in [1.29, 1.82) is 0 Å². The summed E-state index contributed by atoms with van der Waals surface area (Å²) in [5, 5.41) is 4.98. The maximum Gasteiger partial charge on any atom is 0.243 e. The van der Waals surface area contributed by atoms with Gasteiger partial charge in [0.1, 0.15) is 5.75 Å². The van der Waals surface area contributed by atoms with E-state index in [1.807, 2.05) is 43.3 Å². The zero-order chi connectivity index (χ0) is 22.7. The average molecular weight is 453 g/mol. The maximum atomic E-state index is 12.8. The van der Waals surface area contributed by atoms with E-state index < -0.39 is 10.0 Å². The first-order valence-corrected chi connectivity index (χ1v) is 12.3. The monoisotopic (exact) mass is 452 g/mol. The molecule has 1 atom stereocenters. The minimum atomic E-state index is -3.48. The first-order valence-electron chi connectivity index (χ1n) is 10.9. The number of methoxy groups -OCH3 is 1. The van der Waals surface area contributed by atoms with E-state index in [0.29, 0.717) is 18.8 Å². The minimum absolute atomic E-state index is 0.149. The Kier molecular flexibility index (Phi) is 6.48. The molecule has 3 aromatic rings. The smallest absolute Gasteiger partial charge is 0.243 e. The van der Waals surface area contributed by atoms with Crippen molar-refractivity contribution in [2.24, 2.45) is 0 Å². The van der Waals surface area contributed by atoms with Crippen LogP contribution in [0.5, 0.6) is 5.75 Å². The standard InChI is InChI=1S/C25H28N2O4S/c1-18(19-6-7-21-17-23(31-2)11-8-20(21)16-19)25(28)26-22-9-12-24(13-10-22)32(29,30)27-14-4-3-5-15-27/h6-13,16-18H,3-5,14-15H2,1-2H3,(H,26,28)/t18-/m0/s1. The second-order valence-corrected chi connectivity index (χ2v) is 10.1. The van der Waals surface area contributed by atoms with E-state index in [1.54, 1.807) is 35.7 Å². The van der Waals surface area contributed by atoms with Gasteiger partial charge in [0.25, 0.3) is 0 Å². The van der Waals surface area contributed by atoms with Gasteiger partial charge in [0.05, 0.1) is 17.9 Å². The second-order valence-electron chi connectivity index (χ2n) is 8.17. The summed E-state index contributed by atoms with van der Waals surface area (Å²) >= 11 is 0. The van der Waals surface area contributed by atoms with Gasteiger partial charge >= 0.3 is 0 Å². The van der Waals surface area contributed by atoms with Crippen LogP contribution in [0.3, 0.4) is 0 Å². The van der Waals surface area contributed by atoms with Crippen LogP contribution in [-0.4, -0.2) is 38.8 Å². The lowest BCUT2D eigenvalue weighted by Gasteiger charge is -2.25. The van der Waals surface area contributed by atoms with Crippen molar-refractivity contribution >= 4 is 32.4 Å². The third-order valence-corrected chi connectivity index (χ3v) is 7.95. The van der Waals surface area contributed by atoms with E-state index in [1.165, 1.54) is 0 Å². The van der Waals surface area contributed by atoms with Crippen LogP contribution < -0.4 is 10.1 Å². The number of rotatable bonds is 6. The fourth-order valence-corrected chi connectivity index (χ4v) is 5.52. The number of nitrogens with zero attached hydrogens (tertiary/aromatic N) is 1. The first-order chi connectivity index (χ1) is 15.4. The molecule has 0 aromatic heterocycles. The van der Waals surface area contributed by atoms with Gasteiger partial charge in [-0.25, -0.2) is 8.42 Å². The summed E-state index contributed by atoms with van der Waals surface area (Å²) < 4.78 is 32.4. The molecule has 3 aromatic carbocycles. The molecule has 7 heteroatoms. The number of carbonyl (C=O) groups excluding carboxylic acids is 1. The Morgan fingerprint density at radius 1 is 0.938 bits per heavy atom. The zero-order valence-corrected chi connectivity index (χ0v) is 19.2. The Hall–Kier alpha value is -2.90. The van der Waals surface area contributed by atoms with Crippen LogP contribution in [0.15, 0.2) is 65.6 Å². The van der Waals surface area contributed by atoms with Crippen molar-refractivity contribution in [3.8, 4) is 5.75 Å². The molecule has 0 unspecified atom stereocenters. The molecule has 32 heavy (non-hydrogen) atoms. The minimum Gasteiger partial charge on any atom is -0.497 e. The molecule has 0 radical (unpaired) electrons. The molecular formula is C25H28N2O4S. The number of fused-ring (bicyclic) bond motifs is 1. The SMILES string of the molecule is COc1ccc2cc([C@H](C)C(=O)Nc3ccc(S(=O)(=O)N4CCCCC4)cc3)ccc2c1. The lowest BCUT2D eigenvalue weighted by Crippen LogP contribution is -2.35. The molecule has 1 heterocycles. The molecule has 1 saturated heterocycles. The summed E-state index contributed by atoms with van der Waals surface area (Å²) in [6, 6.07) is 18.2. The average Bonchev–Trinajstić information content (AvgIpc) is 2.83. The van der Waals surface area contributed by atoms with Crippen LogP contribution in [0.4, 0.5) is 5.69 Å². The molecule has 168 valence electrons. The first kappa shape index (κ1) is 22.3. The normalized spacial score (nSPS) is 15.9. The van der Waals surface area contributed by atoms with Gasteiger partial charge in [0, 0.05) is 18.8 Å². The van der Waals surface area contributed by atoms with Crippen molar-refractivity contribution < 1.29 is 17.9 Å². The van der Waals surface area contributed by atoms with E-state index in [0.717, 1.165) is 41.3 Å². The molecule has 6 nitrogen and oxygen atoms in total. The number of nitrogens with one attached hydrogen (secondary N) is 1. The Morgan fingerprint density at radius 3 is 2.28 bits per heavy atom. The van der Waals surface area contributed by atoms with Crippen LogP contribution in [0, 0.1) is 0 Å². The van der Waals surface area contributed by atoms with Gasteiger partial charge in [-0.3, -0.25) is 4.79 Å². The quantitative estimate of drug-likeness (QED) is 0.585. The molecule has 1 fully saturated rings. The summed E-state index contributed by atoms with van der Waals surface area (Å²) in [5.41, 5.74) is 1.48. The highest BCUT2D eigenvalue weighted by Gasteiger charge is 2.26. The third kappa shape index (κ3) is 4.64. The Balaban J connectivity index is 1.46. The predicted molar refractivity (Wildman–Crippen MR) is 127 cm³/mol. The van der Waals surface area contributed by atoms with E-state index in [-0.39, 0.29) is 16.7 Å². The van der Waals surface area contributed by atoms with E-state index in [9.17, 15) is 13.2 Å². The molecule has 4 rings (SSSR count). The Labute approximate surface area is 189 Å². The number of hydrogen-bond acceptors (Lipinski definition) is 4. The molecular weight excluding hydrogens is 424 g/mol. The summed E-state index contributed by atoms with van der Waals surface area (Å²) in [6.45, 7) is 2.99. The molecule has 1 aliphatic rings. The van der Waals surface area contributed by atoms with Gasteiger partial charge in [-0.15, -0.1) is 0 Å². The zero-order valence-electron chi connectivity index (χ0n) is 18.4. The number of piperidine rings is 1. The molecule has 1 aliphatic heterocycles. The third-order valence-electron chi connectivity index (χ3n) is 6.04. The molecule has 0 aliphatic carbocycles. The predicted octanol–water partition coefficient (Wildman–Crippen LogP) is 4.77. The Morgan fingerprint density at radius 2 is 1.59 bits per heavy atom. The maximum absolute atomic E-state index is 12.8. The fraction of sp³-hybridized carbons (Fsp3) is 0.320. The lowest BCUT2D eigenvalue weighted by molar-refractivity contribution is -0.117. The molecule has 0 spiro atoms.